The zero-order valence-electron chi connectivity index (χ0n) is 13.6. The number of rotatable bonds is 4. The average Bonchev–Trinajstić information content (AvgIpc) is 3.22. The van der Waals surface area contributed by atoms with Crippen LogP contribution in [0.3, 0.4) is 0 Å². The monoisotopic (exact) mass is 330 g/mol. The summed E-state index contributed by atoms with van der Waals surface area (Å²) in [5, 5.41) is 8.58. The number of hydrogen-bond donors (Lipinski definition) is 0. The molecule has 0 unspecified atom stereocenters. The number of fused-ring (bicyclic) bond motifs is 2. The van der Waals surface area contributed by atoms with Crippen molar-refractivity contribution in [3.63, 3.8) is 0 Å². The Balaban J connectivity index is 1.69. The van der Waals surface area contributed by atoms with Gasteiger partial charge in [-0.25, -0.2) is 0 Å². The minimum atomic E-state index is -0.360. The largest absolute Gasteiger partial charge is 0.454 e. The van der Waals surface area contributed by atoms with E-state index < -0.39 is 0 Å². The Morgan fingerprint density at radius 3 is 2.96 bits per heavy atom. The maximum atomic E-state index is 12.6. The molecule has 0 saturated heterocycles. The van der Waals surface area contributed by atoms with E-state index in [2.05, 4.69) is 10.2 Å². The van der Waals surface area contributed by atoms with Gasteiger partial charge >= 0.3 is 0 Å². The third-order valence-electron chi connectivity index (χ3n) is 4.35. The van der Waals surface area contributed by atoms with Crippen LogP contribution in [0.1, 0.15) is 18.8 Å². The summed E-state index contributed by atoms with van der Waals surface area (Å²) < 4.78 is 17.7. The fourth-order valence-electron chi connectivity index (χ4n) is 3.08. The van der Waals surface area contributed by atoms with Crippen LogP contribution in [0.2, 0.25) is 0 Å². The van der Waals surface area contributed by atoms with E-state index in [9.17, 15) is 4.79 Å². The van der Waals surface area contributed by atoms with E-state index in [0.29, 0.717) is 37.0 Å². The Morgan fingerprint density at radius 1 is 1.29 bits per heavy atom. The van der Waals surface area contributed by atoms with Crippen LogP contribution >= 0.6 is 0 Å². The summed E-state index contributed by atoms with van der Waals surface area (Å²) in [7, 11) is 1.62. The Kier molecular flexibility index (Phi) is 3.61. The average molecular weight is 330 g/mol. The molecule has 0 N–H and O–H groups in total. The number of ether oxygens (including phenoxy) is 3. The standard InChI is InChI=1S/C16H18N4O4/c1-10-16(21)19(5-6-22-2)8-14-17-18-15(20(10)14)11-3-4-12-13(7-11)24-9-23-12/h3-4,7,10H,5-6,8-9H2,1-2H3/t10-/m0/s1. The van der Waals surface area contributed by atoms with Crippen molar-refractivity contribution in [3.05, 3.63) is 24.0 Å². The molecule has 0 bridgehead atoms. The third-order valence-corrected chi connectivity index (χ3v) is 4.35. The van der Waals surface area contributed by atoms with Crippen LogP contribution in [0.15, 0.2) is 18.2 Å². The van der Waals surface area contributed by atoms with Crippen molar-refractivity contribution >= 4 is 5.91 Å². The van der Waals surface area contributed by atoms with E-state index in [4.69, 9.17) is 14.2 Å². The summed E-state index contributed by atoms with van der Waals surface area (Å²) in [6, 6.07) is 5.26. The van der Waals surface area contributed by atoms with Gasteiger partial charge in [0.15, 0.2) is 23.1 Å². The number of aromatic nitrogens is 3. The van der Waals surface area contributed by atoms with Crippen molar-refractivity contribution in [2.24, 2.45) is 0 Å². The Morgan fingerprint density at radius 2 is 2.12 bits per heavy atom. The van der Waals surface area contributed by atoms with Crippen LogP contribution in [0.4, 0.5) is 0 Å². The lowest BCUT2D eigenvalue weighted by Crippen LogP contribution is -2.43. The van der Waals surface area contributed by atoms with E-state index in [0.717, 1.165) is 11.4 Å². The number of carbonyl (C=O) groups excluding carboxylic acids is 1. The van der Waals surface area contributed by atoms with Crippen LogP contribution in [0.25, 0.3) is 11.4 Å². The molecule has 1 atom stereocenters. The fraction of sp³-hybridized carbons (Fsp3) is 0.438. The number of carbonyl (C=O) groups is 1. The quantitative estimate of drug-likeness (QED) is 0.839. The smallest absolute Gasteiger partial charge is 0.245 e. The summed E-state index contributed by atoms with van der Waals surface area (Å²) in [5.41, 5.74) is 0.850. The minimum absolute atomic E-state index is 0.0429. The molecular weight excluding hydrogens is 312 g/mol. The van der Waals surface area contributed by atoms with E-state index >= 15 is 0 Å². The van der Waals surface area contributed by atoms with Gasteiger partial charge in [-0.05, 0) is 25.1 Å². The molecule has 8 heteroatoms. The van der Waals surface area contributed by atoms with E-state index in [1.54, 1.807) is 12.0 Å². The number of hydrogen-bond acceptors (Lipinski definition) is 6. The highest BCUT2D eigenvalue weighted by molar-refractivity contribution is 5.82. The molecule has 2 aromatic rings. The van der Waals surface area contributed by atoms with Crippen molar-refractivity contribution in [3.8, 4) is 22.9 Å². The minimum Gasteiger partial charge on any atom is -0.454 e. The van der Waals surface area contributed by atoms with Crippen LogP contribution in [-0.4, -0.2) is 52.6 Å². The molecule has 0 spiro atoms. The van der Waals surface area contributed by atoms with Gasteiger partial charge in [0.1, 0.15) is 6.04 Å². The second-order valence-electron chi connectivity index (χ2n) is 5.81. The first-order chi connectivity index (χ1) is 11.7. The van der Waals surface area contributed by atoms with Crippen LogP contribution in [0.5, 0.6) is 11.5 Å². The highest BCUT2D eigenvalue weighted by Gasteiger charge is 2.33. The van der Waals surface area contributed by atoms with Crippen LogP contribution in [-0.2, 0) is 16.1 Å². The van der Waals surface area contributed by atoms with Gasteiger partial charge in [0.05, 0.1) is 13.2 Å². The predicted octanol–water partition coefficient (Wildman–Crippen LogP) is 1.22. The molecule has 1 aromatic carbocycles. The van der Waals surface area contributed by atoms with E-state index in [1.165, 1.54) is 0 Å². The SMILES string of the molecule is COCCN1Cc2nnc(-c3ccc4c(c3)OCO4)n2[C@@H](C)C1=O. The van der Waals surface area contributed by atoms with Gasteiger partial charge in [-0.3, -0.25) is 9.36 Å². The fourth-order valence-corrected chi connectivity index (χ4v) is 3.08. The first-order valence-electron chi connectivity index (χ1n) is 7.80. The summed E-state index contributed by atoms with van der Waals surface area (Å²) >= 11 is 0. The maximum absolute atomic E-state index is 12.6. The van der Waals surface area contributed by atoms with Crippen molar-refractivity contribution in [2.45, 2.75) is 19.5 Å². The summed E-state index contributed by atoms with van der Waals surface area (Å²) in [4.78, 5) is 14.4. The van der Waals surface area contributed by atoms with Crippen molar-refractivity contribution in [1.29, 1.82) is 0 Å². The van der Waals surface area contributed by atoms with E-state index in [1.807, 2.05) is 29.7 Å². The Hall–Kier alpha value is -2.61. The Labute approximate surface area is 138 Å². The third kappa shape index (κ3) is 2.30. The van der Waals surface area contributed by atoms with Gasteiger partial charge in [0, 0.05) is 19.2 Å². The first-order valence-corrected chi connectivity index (χ1v) is 7.80. The second-order valence-corrected chi connectivity index (χ2v) is 5.81. The molecule has 3 heterocycles. The molecule has 1 aromatic heterocycles. The molecule has 2 aliphatic heterocycles. The molecule has 0 fully saturated rings. The van der Waals surface area contributed by atoms with Gasteiger partial charge in [-0.1, -0.05) is 0 Å². The second kappa shape index (κ2) is 5.79. The zero-order valence-corrected chi connectivity index (χ0v) is 13.6. The van der Waals surface area contributed by atoms with E-state index in [-0.39, 0.29) is 18.7 Å². The maximum Gasteiger partial charge on any atom is 0.245 e. The molecule has 0 aliphatic carbocycles. The molecule has 2 aliphatic rings. The number of amides is 1. The lowest BCUT2D eigenvalue weighted by molar-refractivity contribution is -0.137. The number of nitrogens with zero attached hydrogens (tertiary/aromatic N) is 4. The predicted molar refractivity (Wildman–Crippen MR) is 83.6 cm³/mol. The lowest BCUT2D eigenvalue weighted by atomic mass is 10.1. The molecular formula is C16H18N4O4. The van der Waals surface area contributed by atoms with Crippen molar-refractivity contribution < 1.29 is 19.0 Å². The molecule has 4 rings (SSSR count). The molecule has 126 valence electrons. The highest BCUT2D eigenvalue weighted by Crippen LogP contribution is 2.36. The topological polar surface area (TPSA) is 78.7 Å². The van der Waals surface area contributed by atoms with Crippen molar-refractivity contribution in [2.75, 3.05) is 27.1 Å². The van der Waals surface area contributed by atoms with Gasteiger partial charge in [-0.2, -0.15) is 0 Å². The highest BCUT2D eigenvalue weighted by atomic mass is 16.7. The van der Waals surface area contributed by atoms with Gasteiger partial charge in [-0.15, -0.1) is 10.2 Å². The van der Waals surface area contributed by atoms with Gasteiger partial charge in [0.2, 0.25) is 12.7 Å². The first kappa shape index (κ1) is 14.9. The summed E-state index contributed by atoms with van der Waals surface area (Å²) in [6.07, 6.45) is 0. The van der Waals surface area contributed by atoms with Gasteiger partial charge < -0.3 is 19.1 Å². The molecule has 8 nitrogen and oxygen atoms in total. The molecule has 1 amide bonds. The van der Waals surface area contributed by atoms with Crippen LogP contribution in [0, 0.1) is 0 Å². The lowest BCUT2D eigenvalue weighted by Gasteiger charge is -2.31. The Bertz CT molecular complexity index is 788. The zero-order chi connectivity index (χ0) is 16.7. The number of benzene rings is 1. The normalized spacial score (nSPS) is 18.8. The van der Waals surface area contributed by atoms with Gasteiger partial charge in [0.25, 0.3) is 0 Å². The van der Waals surface area contributed by atoms with Crippen LogP contribution < -0.4 is 9.47 Å². The number of methoxy groups -OCH3 is 1. The summed E-state index contributed by atoms with van der Waals surface area (Å²) in [5.74, 6) is 2.87. The molecule has 24 heavy (non-hydrogen) atoms. The molecule has 0 radical (unpaired) electrons. The molecule has 0 saturated carbocycles. The van der Waals surface area contributed by atoms with Crippen molar-refractivity contribution in [1.82, 2.24) is 19.7 Å². The summed E-state index contributed by atoms with van der Waals surface area (Å²) in [6.45, 7) is 3.57.